The minimum atomic E-state index is -3.85. The quantitative estimate of drug-likeness (QED) is 0.812. The zero-order valence-electron chi connectivity index (χ0n) is 17.0. The van der Waals surface area contributed by atoms with Crippen LogP contribution >= 0.6 is 0 Å². The van der Waals surface area contributed by atoms with Crippen LogP contribution < -0.4 is 5.32 Å². The lowest BCUT2D eigenvalue weighted by molar-refractivity contribution is 0.199. The molecule has 1 aromatic rings. The highest BCUT2D eigenvalue weighted by atomic mass is 32.2. The highest BCUT2D eigenvalue weighted by Crippen LogP contribution is 2.33. The molecule has 0 saturated carbocycles. The molecule has 1 fully saturated rings. The first-order valence-corrected chi connectivity index (χ1v) is 11.2. The molecular weight excluding hydrogens is 395 g/mol. The molecule has 1 aromatic carbocycles. The second-order valence-electron chi connectivity index (χ2n) is 7.76. The average molecular weight is 423 g/mol. The van der Waals surface area contributed by atoms with Gasteiger partial charge >= 0.3 is 6.03 Å². The van der Waals surface area contributed by atoms with Gasteiger partial charge in [0.25, 0.3) is 10.0 Å². The van der Waals surface area contributed by atoms with Crippen LogP contribution in [0.1, 0.15) is 32.8 Å². The summed E-state index contributed by atoms with van der Waals surface area (Å²) in [6.45, 7) is 8.62. The smallest absolute Gasteiger partial charge is 0.317 e. The van der Waals surface area contributed by atoms with Gasteiger partial charge in [-0.15, -0.1) is 4.40 Å². The van der Waals surface area contributed by atoms with Gasteiger partial charge in [0.15, 0.2) is 0 Å². The summed E-state index contributed by atoms with van der Waals surface area (Å²) < 4.78 is 42.6. The summed E-state index contributed by atoms with van der Waals surface area (Å²) in [5.41, 5.74) is 0.974. The molecule has 0 atom stereocenters. The number of rotatable bonds is 3. The van der Waals surface area contributed by atoms with Crippen LogP contribution in [0, 0.1) is 11.7 Å². The topological polar surface area (TPSA) is 82.1 Å². The largest absolute Gasteiger partial charge is 0.354 e. The number of amidine groups is 1. The molecule has 2 aliphatic heterocycles. The van der Waals surface area contributed by atoms with Crippen LogP contribution in [0.25, 0.3) is 4.91 Å². The lowest BCUT2D eigenvalue weighted by Crippen LogP contribution is -2.43. The van der Waals surface area contributed by atoms with Crippen molar-refractivity contribution in [3.05, 3.63) is 41.2 Å². The van der Waals surface area contributed by atoms with E-state index in [-0.39, 0.29) is 10.9 Å². The normalized spacial score (nSPS) is 19.4. The molecule has 0 radical (unpaired) electrons. The van der Waals surface area contributed by atoms with E-state index in [0.29, 0.717) is 62.0 Å². The third-order valence-corrected chi connectivity index (χ3v) is 6.46. The number of halogens is 1. The fraction of sp³-hybridized carbons (Fsp3) is 0.500. The van der Waals surface area contributed by atoms with Crippen molar-refractivity contribution in [2.24, 2.45) is 10.3 Å². The Morgan fingerprint density at radius 1 is 1.17 bits per heavy atom. The number of carbonyl (C=O) groups excluding carboxylic acids is 1. The zero-order valence-corrected chi connectivity index (χ0v) is 17.8. The van der Waals surface area contributed by atoms with E-state index in [1.807, 2.05) is 18.7 Å². The predicted octanol–water partition coefficient (Wildman–Crippen LogP) is 2.67. The summed E-state index contributed by atoms with van der Waals surface area (Å²) in [6, 6.07) is 5.28. The van der Waals surface area contributed by atoms with Crippen LogP contribution in [-0.4, -0.2) is 62.8 Å². The number of amides is 2. The monoisotopic (exact) mass is 422 g/mol. The van der Waals surface area contributed by atoms with Crippen molar-refractivity contribution in [3.8, 4) is 0 Å². The highest BCUT2D eigenvalue weighted by molar-refractivity contribution is 8.00. The maximum atomic E-state index is 13.2. The lowest BCUT2D eigenvalue weighted by Gasteiger charge is -2.24. The predicted molar refractivity (Wildman–Crippen MR) is 111 cm³/mol. The third kappa shape index (κ3) is 4.77. The Labute approximate surface area is 171 Å². The van der Waals surface area contributed by atoms with Crippen LogP contribution in [0.3, 0.4) is 0 Å². The Bertz CT molecular complexity index is 939. The fourth-order valence-corrected chi connectivity index (χ4v) is 5.00. The van der Waals surface area contributed by atoms with Gasteiger partial charge in [-0.1, -0.05) is 26.0 Å². The average Bonchev–Trinajstić information content (AvgIpc) is 2.82. The first-order chi connectivity index (χ1) is 13.7. The van der Waals surface area contributed by atoms with Crippen molar-refractivity contribution >= 4 is 26.8 Å². The molecule has 158 valence electrons. The second-order valence-corrected chi connectivity index (χ2v) is 9.30. The fourth-order valence-electron chi connectivity index (χ4n) is 3.52. The Morgan fingerprint density at radius 3 is 2.52 bits per heavy atom. The van der Waals surface area contributed by atoms with E-state index in [2.05, 4.69) is 9.71 Å². The Hall–Kier alpha value is -2.42. The number of nitrogens with zero attached hydrogens (tertiary/aromatic N) is 3. The summed E-state index contributed by atoms with van der Waals surface area (Å²) in [7, 11) is -3.85. The molecule has 0 aromatic heterocycles. The Kier molecular flexibility index (Phi) is 6.26. The Balaban J connectivity index is 1.77. The number of nitrogens with one attached hydrogen (secondary N) is 1. The molecule has 2 aliphatic rings. The summed E-state index contributed by atoms with van der Waals surface area (Å²) in [5, 5.41) is 2.92. The number of hydrogen-bond donors (Lipinski definition) is 1. The maximum Gasteiger partial charge on any atom is 0.317 e. The molecule has 1 saturated heterocycles. The van der Waals surface area contributed by atoms with E-state index in [1.165, 1.54) is 24.3 Å². The Morgan fingerprint density at radius 2 is 1.86 bits per heavy atom. The highest BCUT2D eigenvalue weighted by Gasteiger charge is 2.34. The summed E-state index contributed by atoms with van der Waals surface area (Å²) in [5.74, 6) is 0.360. The molecule has 0 aliphatic carbocycles. The van der Waals surface area contributed by atoms with Gasteiger partial charge in [-0.3, -0.25) is 0 Å². The van der Waals surface area contributed by atoms with Gasteiger partial charge in [0, 0.05) is 38.3 Å². The van der Waals surface area contributed by atoms with Gasteiger partial charge in [-0.2, -0.15) is 8.42 Å². The molecule has 7 nitrogen and oxygen atoms in total. The molecule has 0 spiro atoms. The molecule has 1 N–H and O–H groups in total. The van der Waals surface area contributed by atoms with Gasteiger partial charge in [0.1, 0.15) is 16.6 Å². The van der Waals surface area contributed by atoms with Crippen molar-refractivity contribution in [3.63, 3.8) is 0 Å². The van der Waals surface area contributed by atoms with Crippen molar-refractivity contribution in [1.82, 2.24) is 15.1 Å². The van der Waals surface area contributed by atoms with E-state index < -0.39 is 15.8 Å². The number of hydrogen-bond acceptors (Lipinski definition) is 4. The minimum absolute atomic E-state index is 0.0965. The van der Waals surface area contributed by atoms with Crippen LogP contribution in [0.5, 0.6) is 0 Å². The summed E-state index contributed by atoms with van der Waals surface area (Å²) >= 11 is 0. The molecule has 0 unspecified atom stereocenters. The summed E-state index contributed by atoms with van der Waals surface area (Å²) in [4.78, 5) is 16.1. The van der Waals surface area contributed by atoms with E-state index in [0.717, 1.165) is 0 Å². The molecule has 2 heterocycles. The van der Waals surface area contributed by atoms with Gasteiger partial charge in [-0.25, -0.2) is 9.18 Å². The molecule has 2 amide bonds. The van der Waals surface area contributed by atoms with Crippen LogP contribution in [0.15, 0.2) is 34.2 Å². The molecular formula is C20H27FN4O3S. The third-order valence-electron chi connectivity index (χ3n) is 4.99. The number of sulfonamides is 1. The molecule has 9 heteroatoms. The van der Waals surface area contributed by atoms with Gasteiger partial charge in [0.05, 0.1) is 0 Å². The zero-order chi connectivity index (χ0) is 21.2. The molecule has 3 rings (SSSR count). The summed E-state index contributed by atoms with van der Waals surface area (Å²) in [6.07, 6.45) is 0.716. The van der Waals surface area contributed by atoms with Gasteiger partial charge in [0.2, 0.25) is 0 Å². The second kappa shape index (κ2) is 8.52. The SMILES string of the molecule is CC1=C(c2ccc(F)cc2)S(=O)(=O)N=C1N1CCCN(C(=O)NCC(C)C)CC1. The number of benzene rings is 1. The maximum absolute atomic E-state index is 13.2. The first kappa shape index (κ1) is 21.3. The molecule has 0 bridgehead atoms. The van der Waals surface area contributed by atoms with E-state index in [9.17, 15) is 17.6 Å². The van der Waals surface area contributed by atoms with Gasteiger partial charge < -0.3 is 15.1 Å². The molecule has 29 heavy (non-hydrogen) atoms. The van der Waals surface area contributed by atoms with E-state index >= 15 is 0 Å². The van der Waals surface area contributed by atoms with E-state index in [4.69, 9.17) is 0 Å². The van der Waals surface area contributed by atoms with E-state index in [1.54, 1.807) is 11.8 Å². The van der Waals surface area contributed by atoms with Crippen LogP contribution in [0.4, 0.5) is 9.18 Å². The first-order valence-electron chi connectivity index (χ1n) is 9.79. The number of urea groups is 1. The standard InChI is InChI=1S/C20H27FN4O3S/c1-14(2)13-22-20(26)25-10-4-9-24(11-12-25)19-15(3)18(29(27,28)23-19)16-5-7-17(21)8-6-16/h5-8,14H,4,9-13H2,1-3H3,(H,22,26). The van der Waals surface area contributed by atoms with Crippen LogP contribution in [-0.2, 0) is 10.0 Å². The lowest BCUT2D eigenvalue weighted by atomic mass is 10.1. The minimum Gasteiger partial charge on any atom is -0.354 e. The number of carbonyl (C=O) groups is 1. The van der Waals surface area contributed by atoms with Crippen molar-refractivity contribution in [2.45, 2.75) is 27.2 Å². The van der Waals surface area contributed by atoms with Crippen molar-refractivity contribution < 1.29 is 17.6 Å². The van der Waals surface area contributed by atoms with Crippen molar-refractivity contribution in [2.75, 3.05) is 32.7 Å². The van der Waals surface area contributed by atoms with Crippen molar-refractivity contribution in [1.29, 1.82) is 0 Å². The van der Waals surface area contributed by atoms with Crippen LogP contribution in [0.2, 0.25) is 0 Å². The van der Waals surface area contributed by atoms with Gasteiger partial charge in [-0.05, 0) is 37.0 Å².